The molecule has 0 amide bonds. The number of pyridine rings is 1. The van der Waals surface area contributed by atoms with Gasteiger partial charge in [0.25, 0.3) is 0 Å². The standard InChI is InChI=1S/C66H66N3O/c1-13-65(11,12)47-31-32-55(50(38-47)43-23-18-15-19-24-43)68-56-26-20-25-49-51-35-45(41-21-16-14-17-22-41)36-52-57-37-44(42-27-29-46(30-28-42)62(2,3)4)33-34-67(57)66(58(51)52)69(59(49)56)61(68)53-39-48(63(5,6)7)40-54(60(53)70-66)64(8,9)10/h14-40,61H,13H2,1-12H3/q+1. The third kappa shape index (κ3) is 6.44. The van der Waals surface area contributed by atoms with Gasteiger partial charge in [-0.15, -0.1) is 4.57 Å². The van der Waals surface area contributed by atoms with Crippen LogP contribution >= 0.6 is 0 Å². The van der Waals surface area contributed by atoms with Crippen LogP contribution in [0.5, 0.6) is 5.75 Å². The molecule has 8 aromatic rings. The lowest BCUT2D eigenvalue weighted by atomic mass is 9.77. The quantitative estimate of drug-likeness (QED) is 0.155. The number of nitrogens with zero attached hydrogens (tertiary/aromatic N) is 3. The van der Waals surface area contributed by atoms with E-state index in [1.165, 1.54) is 101 Å². The Morgan fingerprint density at radius 1 is 0.500 bits per heavy atom. The molecule has 1 aromatic heterocycles. The molecule has 0 saturated heterocycles. The van der Waals surface area contributed by atoms with E-state index in [9.17, 15) is 0 Å². The third-order valence-corrected chi connectivity index (χ3v) is 16.2. The first-order chi connectivity index (χ1) is 33.3. The molecule has 70 heavy (non-hydrogen) atoms. The lowest BCUT2D eigenvalue weighted by Gasteiger charge is -2.49. The maximum Gasteiger partial charge on any atom is 0.432 e. The number of hydrogen-bond acceptors (Lipinski definition) is 3. The van der Waals surface area contributed by atoms with Crippen LogP contribution in [0.15, 0.2) is 164 Å². The first-order valence-electron chi connectivity index (χ1n) is 25.5. The fourth-order valence-electron chi connectivity index (χ4n) is 11.8. The number of para-hydroxylation sites is 1. The molecular weight excluding hydrogens is 851 g/mol. The Kier molecular flexibility index (Phi) is 9.53. The largest absolute Gasteiger partial charge is 0.432 e. The number of anilines is 3. The summed E-state index contributed by atoms with van der Waals surface area (Å²) in [7, 11) is 0. The predicted octanol–water partition coefficient (Wildman–Crippen LogP) is 16.9. The average molecular weight is 917 g/mol. The molecule has 4 heteroatoms. The van der Waals surface area contributed by atoms with Gasteiger partial charge in [-0.3, -0.25) is 0 Å². The van der Waals surface area contributed by atoms with Crippen LogP contribution in [0, 0.1) is 0 Å². The summed E-state index contributed by atoms with van der Waals surface area (Å²) in [6, 6.07) is 60.0. The zero-order chi connectivity index (χ0) is 48.9. The minimum absolute atomic E-state index is 0.00214. The van der Waals surface area contributed by atoms with Gasteiger partial charge < -0.3 is 9.64 Å². The molecule has 12 rings (SSSR count). The lowest BCUT2D eigenvalue weighted by Crippen LogP contribution is -2.71. The molecule has 4 nitrogen and oxygen atoms in total. The Bertz CT molecular complexity index is 3420. The zero-order valence-corrected chi connectivity index (χ0v) is 43.1. The van der Waals surface area contributed by atoms with Crippen molar-refractivity contribution in [1.82, 2.24) is 0 Å². The summed E-state index contributed by atoms with van der Waals surface area (Å²) in [6.45, 7) is 28.0. The molecular formula is C66H66N3O+. The van der Waals surface area contributed by atoms with Crippen molar-refractivity contribution >= 4 is 17.1 Å². The van der Waals surface area contributed by atoms with Crippen molar-refractivity contribution in [2.45, 2.75) is 123 Å². The summed E-state index contributed by atoms with van der Waals surface area (Å²) in [4.78, 5) is 5.36. The predicted molar refractivity (Wildman–Crippen MR) is 291 cm³/mol. The molecule has 4 aliphatic rings. The summed E-state index contributed by atoms with van der Waals surface area (Å²) in [5.74, 6) is -0.0983. The Hall–Kier alpha value is -6.91. The Morgan fingerprint density at radius 2 is 1.14 bits per heavy atom. The van der Waals surface area contributed by atoms with Crippen LogP contribution in [-0.2, 0) is 27.5 Å². The number of aromatic nitrogens is 1. The van der Waals surface area contributed by atoms with Crippen LogP contribution < -0.4 is 19.1 Å². The van der Waals surface area contributed by atoms with Gasteiger partial charge in [0.05, 0.1) is 22.6 Å². The van der Waals surface area contributed by atoms with E-state index in [1.807, 2.05) is 0 Å². The second-order valence-corrected chi connectivity index (χ2v) is 24.1. The fourth-order valence-corrected chi connectivity index (χ4v) is 11.8. The van der Waals surface area contributed by atoms with E-state index in [4.69, 9.17) is 4.74 Å². The number of fused-ring (bicyclic) bond motifs is 5. The van der Waals surface area contributed by atoms with E-state index in [1.54, 1.807) is 0 Å². The maximum atomic E-state index is 8.25. The van der Waals surface area contributed by atoms with Crippen molar-refractivity contribution in [3.8, 4) is 61.5 Å². The van der Waals surface area contributed by atoms with Gasteiger partial charge in [-0.2, -0.15) is 0 Å². The molecule has 7 aromatic carbocycles. The minimum Gasteiger partial charge on any atom is -0.410 e. The van der Waals surface area contributed by atoms with Gasteiger partial charge in [-0.05, 0) is 109 Å². The van der Waals surface area contributed by atoms with Gasteiger partial charge in [-0.25, -0.2) is 4.90 Å². The summed E-state index contributed by atoms with van der Waals surface area (Å²) in [6.07, 6.45) is 3.09. The van der Waals surface area contributed by atoms with Crippen molar-refractivity contribution in [3.05, 3.63) is 197 Å². The number of rotatable bonds is 6. The van der Waals surface area contributed by atoms with Crippen LogP contribution in [0.1, 0.15) is 129 Å². The molecule has 1 spiro atoms. The van der Waals surface area contributed by atoms with E-state index in [-0.39, 0.29) is 27.8 Å². The molecule has 4 aliphatic heterocycles. The van der Waals surface area contributed by atoms with Crippen LogP contribution in [-0.4, -0.2) is 0 Å². The number of benzene rings is 7. The third-order valence-electron chi connectivity index (χ3n) is 16.2. The molecule has 0 aliphatic carbocycles. The van der Waals surface area contributed by atoms with Gasteiger partial charge in [0.15, 0.2) is 6.20 Å². The van der Waals surface area contributed by atoms with E-state index >= 15 is 0 Å². The minimum atomic E-state index is -1.07. The van der Waals surface area contributed by atoms with Crippen molar-refractivity contribution in [1.29, 1.82) is 0 Å². The molecule has 0 saturated carbocycles. The molecule has 0 N–H and O–H groups in total. The monoisotopic (exact) mass is 917 g/mol. The molecule has 2 unspecified atom stereocenters. The van der Waals surface area contributed by atoms with E-state index in [0.717, 1.165) is 17.9 Å². The zero-order valence-electron chi connectivity index (χ0n) is 43.1. The topological polar surface area (TPSA) is 19.6 Å². The van der Waals surface area contributed by atoms with Crippen molar-refractivity contribution in [2.24, 2.45) is 0 Å². The SMILES string of the molecule is CCC(C)(C)c1ccc(N2c3cccc4c3N3C2c2cc(C(C)(C)C)cc(C(C)(C)C)c2OC32c3c-4cc(-c4ccccc4)cc3-c3cc(-c4ccc(C(C)(C)C)cc4)cc[n+]32)c(-c2ccccc2)c1. The number of ether oxygens (including phenoxy) is 1. The Labute approximate surface area is 416 Å². The first-order valence-corrected chi connectivity index (χ1v) is 25.5. The van der Waals surface area contributed by atoms with Crippen LogP contribution in [0.25, 0.3) is 55.8 Å². The van der Waals surface area contributed by atoms with Crippen LogP contribution in [0.3, 0.4) is 0 Å². The van der Waals surface area contributed by atoms with E-state index < -0.39 is 5.85 Å². The summed E-state index contributed by atoms with van der Waals surface area (Å²) in [5, 5.41) is 0. The van der Waals surface area contributed by atoms with Gasteiger partial charge in [-0.1, -0.05) is 192 Å². The van der Waals surface area contributed by atoms with Crippen LogP contribution in [0.2, 0.25) is 0 Å². The molecule has 2 atom stereocenters. The molecule has 0 radical (unpaired) electrons. The highest BCUT2D eigenvalue weighted by Crippen LogP contribution is 2.68. The highest BCUT2D eigenvalue weighted by Gasteiger charge is 2.70. The lowest BCUT2D eigenvalue weighted by molar-refractivity contribution is -0.774. The fraction of sp³-hybridized carbons (Fsp3) is 0.288. The summed E-state index contributed by atoms with van der Waals surface area (Å²) >= 11 is 0. The normalized spacial score (nSPS) is 17.5. The number of hydrogen-bond donors (Lipinski definition) is 0. The second kappa shape index (κ2) is 15.0. The summed E-state index contributed by atoms with van der Waals surface area (Å²) in [5.41, 5.74) is 22.8. The average Bonchev–Trinajstić information content (AvgIpc) is 3.84. The molecule has 0 fully saturated rings. The second-order valence-electron chi connectivity index (χ2n) is 24.1. The van der Waals surface area contributed by atoms with E-state index in [0.29, 0.717) is 0 Å². The van der Waals surface area contributed by atoms with Gasteiger partial charge in [0.1, 0.15) is 17.5 Å². The summed E-state index contributed by atoms with van der Waals surface area (Å²) < 4.78 is 10.7. The van der Waals surface area contributed by atoms with Gasteiger partial charge in [0.2, 0.25) is 5.69 Å². The molecule has 5 heterocycles. The van der Waals surface area contributed by atoms with E-state index in [2.05, 4.69) is 261 Å². The van der Waals surface area contributed by atoms with Gasteiger partial charge in [0, 0.05) is 39.9 Å². The Balaban J connectivity index is 1.21. The molecule has 350 valence electrons. The van der Waals surface area contributed by atoms with Gasteiger partial charge >= 0.3 is 5.85 Å². The highest BCUT2D eigenvalue weighted by atomic mass is 16.5. The first kappa shape index (κ1) is 44.3. The Morgan fingerprint density at radius 3 is 1.80 bits per heavy atom. The highest BCUT2D eigenvalue weighted by molar-refractivity contribution is 6.03. The van der Waals surface area contributed by atoms with Crippen molar-refractivity contribution < 1.29 is 9.30 Å². The maximum absolute atomic E-state index is 8.25. The van der Waals surface area contributed by atoms with Crippen LogP contribution in [0.4, 0.5) is 17.1 Å². The molecule has 0 bridgehead atoms. The van der Waals surface area contributed by atoms with Crippen molar-refractivity contribution in [2.75, 3.05) is 9.80 Å². The smallest absolute Gasteiger partial charge is 0.410 e. The van der Waals surface area contributed by atoms with Crippen molar-refractivity contribution in [3.63, 3.8) is 0 Å².